The lowest BCUT2D eigenvalue weighted by atomic mass is 9.98. The van der Waals surface area contributed by atoms with Crippen LogP contribution in [0.4, 0.5) is 0 Å². The molecule has 0 N–H and O–H groups in total. The van der Waals surface area contributed by atoms with Gasteiger partial charge >= 0.3 is 0 Å². The predicted molar refractivity (Wildman–Crippen MR) is 467 cm³/mol. The largest absolute Gasteiger partial charge is 0.327 e. The van der Waals surface area contributed by atoms with Gasteiger partial charge in [0.2, 0.25) is 11.6 Å². The van der Waals surface area contributed by atoms with Crippen LogP contribution in [0.3, 0.4) is 0 Å². The molecule has 0 aliphatic heterocycles. The van der Waals surface area contributed by atoms with Crippen molar-refractivity contribution >= 4 is 55.4 Å². The van der Waals surface area contributed by atoms with Crippen LogP contribution < -0.4 is 0 Å². The van der Waals surface area contributed by atoms with Crippen molar-refractivity contribution in [3.05, 3.63) is 417 Å². The van der Waals surface area contributed by atoms with Gasteiger partial charge in [-0.15, -0.1) is 0 Å². The fourth-order valence-electron chi connectivity index (χ4n) is 14.3. The highest BCUT2D eigenvalue weighted by atomic mass is 15.1. The summed E-state index contributed by atoms with van der Waals surface area (Å²) in [5, 5.41) is 4.94. The lowest BCUT2D eigenvalue weighted by Gasteiger charge is -2.09. The monoisotopic (exact) mass is 1480 g/mol. The quantitative estimate of drug-likeness (QED) is 0.153. The van der Waals surface area contributed by atoms with Crippen molar-refractivity contribution in [3.63, 3.8) is 0 Å². The molecule has 0 radical (unpaired) electrons. The average molecular weight is 1480 g/mol. The van der Waals surface area contributed by atoms with E-state index in [4.69, 9.17) is 0 Å². The van der Waals surface area contributed by atoms with Crippen LogP contribution in [0.25, 0.3) is 134 Å². The maximum atomic E-state index is 4.65. The third-order valence-electron chi connectivity index (χ3n) is 19.9. The minimum absolute atomic E-state index is 0.749. The Bertz CT molecular complexity index is 6330. The van der Waals surface area contributed by atoms with Gasteiger partial charge < -0.3 is 8.97 Å². The van der Waals surface area contributed by atoms with E-state index in [1.807, 2.05) is 229 Å². The van der Waals surface area contributed by atoms with Crippen LogP contribution in [0, 0.1) is 41.5 Å². The molecule has 0 spiro atoms. The van der Waals surface area contributed by atoms with E-state index in [9.17, 15) is 0 Å². The first-order chi connectivity index (χ1) is 56.0. The SMILES string of the molecule is Cc1c(-c2ccccc2)nc2ccccn12.Cc1c(-c2ccccc2)nc2ncccn12.Cc1c(-c2ccccc2)ncc2ccccc12.Cc1nc2ccccn2c1-c1ccccc1.Cc1nc2ncccn2c1-c1ccccc1.Cc1ncc2ccccc2c1-c1ccccc1.Cn1c(-c2ccccc2)nc2ccccc21. The Hall–Kier alpha value is -14.9. The zero-order valence-corrected chi connectivity index (χ0v) is 64.6. The van der Waals surface area contributed by atoms with E-state index in [-0.39, 0.29) is 0 Å². The van der Waals surface area contributed by atoms with Gasteiger partial charge in [0.1, 0.15) is 17.1 Å². The molecule has 114 heavy (non-hydrogen) atoms. The van der Waals surface area contributed by atoms with E-state index < -0.39 is 0 Å². The highest BCUT2D eigenvalue weighted by Crippen LogP contribution is 2.33. The molecule has 0 fully saturated rings. The van der Waals surface area contributed by atoms with Gasteiger partial charge in [-0.05, 0) is 112 Å². The third kappa shape index (κ3) is 16.6. The van der Waals surface area contributed by atoms with Gasteiger partial charge in [-0.1, -0.05) is 285 Å². The fourth-order valence-corrected chi connectivity index (χ4v) is 14.3. The molecule has 0 bridgehead atoms. The molecule has 21 rings (SSSR count). The summed E-state index contributed by atoms with van der Waals surface area (Å²) in [4.78, 5) is 40.4. The second kappa shape index (κ2) is 35.2. The first-order valence-corrected chi connectivity index (χ1v) is 38.0. The predicted octanol–water partition coefficient (Wildman–Crippen LogP) is 23.7. The molecular weight excluding hydrogens is 1400 g/mol. The Morgan fingerprint density at radius 2 is 0.667 bits per heavy atom. The van der Waals surface area contributed by atoms with E-state index in [2.05, 4.69) is 258 Å². The van der Waals surface area contributed by atoms with Crippen molar-refractivity contribution in [1.29, 1.82) is 0 Å². The minimum atomic E-state index is 0.749. The molecule has 554 valence electrons. The van der Waals surface area contributed by atoms with Gasteiger partial charge in [-0.2, -0.15) is 0 Å². The summed E-state index contributed by atoms with van der Waals surface area (Å²) in [6.07, 6.45) is 15.5. The summed E-state index contributed by atoms with van der Waals surface area (Å²) in [5.41, 5.74) is 25.8. The highest BCUT2D eigenvalue weighted by Gasteiger charge is 2.16. The number of rotatable bonds is 7. The Labute approximate surface area is 663 Å². The van der Waals surface area contributed by atoms with Crippen LogP contribution in [-0.4, -0.2) is 67.0 Å². The summed E-state index contributed by atoms with van der Waals surface area (Å²) in [6.45, 7) is 12.4. The van der Waals surface area contributed by atoms with Crippen molar-refractivity contribution < 1.29 is 0 Å². The van der Waals surface area contributed by atoms with Crippen molar-refractivity contribution in [1.82, 2.24) is 67.0 Å². The average Bonchev–Trinajstić information content (AvgIpc) is 1.63. The lowest BCUT2D eigenvalue weighted by molar-refractivity contribution is 0.959. The number of aryl methyl sites for hydroxylation is 7. The van der Waals surface area contributed by atoms with Crippen molar-refractivity contribution in [2.24, 2.45) is 7.05 Å². The number of aromatic nitrogens is 14. The first kappa shape index (κ1) is 74.6. The van der Waals surface area contributed by atoms with E-state index in [1.54, 1.807) is 12.4 Å². The number of benzene rings is 10. The van der Waals surface area contributed by atoms with E-state index in [0.29, 0.717) is 0 Å². The molecule has 11 aromatic heterocycles. The minimum Gasteiger partial charge on any atom is -0.327 e. The van der Waals surface area contributed by atoms with Gasteiger partial charge in [0, 0.05) is 123 Å². The van der Waals surface area contributed by atoms with Crippen LogP contribution in [0.1, 0.15) is 34.0 Å². The Morgan fingerprint density at radius 1 is 0.263 bits per heavy atom. The second-order valence-electron chi connectivity index (χ2n) is 27.3. The number of para-hydroxylation sites is 2. The normalized spacial score (nSPS) is 10.8. The number of pyridine rings is 4. The molecule has 0 saturated heterocycles. The Morgan fingerprint density at radius 3 is 1.23 bits per heavy atom. The van der Waals surface area contributed by atoms with Crippen molar-refractivity contribution in [2.75, 3.05) is 0 Å². The third-order valence-corrected chi connectivity index (χ3v) is 19.9. The van der Waals surface area contributed by atoms with Crippen LogP contribution in [0.5, 0.6) is 0 Å². The molecule has 0 saturated carbocycles. The van der Waals surface area contributed by atoms with Gasteiger partial charge in [-0.25, -0.2) is 34.9 Å². The molecule has 10 aromatic carbocycles. The highest BCUT2D eigenvalue weighted by molar-refractivity contribution is 5.97. The smallest absolute Gasteiger partial charge is 0.234 e. The van der Waals surface area contributed by atoms with Gasteiger partial charge in [0.05, 0.1) is 50.9 Å². The number of hydrogen-bond acceptors (Lipinski definition) is 9. The van der Waals surface area contributed by atoms with Crippen molar-refractivity contribution in [2.45, 2.75) is 41.5 Å². The molecule has 0 aliphatic rings. The Balaban J connectivity index is 0.000000105. The fraction of sp³-hybridized carbons (Fsp3) is 0.0700. The van der Waals surface area contributed by atoms with Gasteiger partial charge in [-0.3, -0.25) is 23.2 Å². The lowest BCUT2D eigenvalue weighted by Crippen LogP contribution is -1.91. The van der Waals surface area contributed by atoms with Crippen LogP contribution in [0.2, 0.25) is 0 Å². The maximum Gasteiger partial charge on any atom is 0.234 e. The number of fused-ring (bicyclic) bond motifs is 7. The van der Waals surface area contributed by atoms with Gasteiger partial charge in [0.15, 0.2) is 0 Å². The zero-order chi connectivity index (χ0) is 78.1. The summed E-state index contributed by atoms with van der Waals surface area (Å²) in [6, 6.07) is 113. The van der Waals surface area contributed by atoms with Gasteiger partial charge in [0.25, 0.3) is 0 Å². The van der Waals surface area contributed by atoms with E-state index in [0.717, 1.165) is 90.9 Å². The van der Waals surface area contributed by atoms with Crippen LogP contribution in [-0.2, 0) is 7.05 Å². The molecule has 14 heteroatoms. The number of hydrogen-bond donors (Lipinski definition) is 0. The summed E-state index contributed by atoms with van der Waals surface area (Å²) in [7, 11) is 2.05. The molecule has 14 nitrogen and oxygen atoms in total. The standard InChI is InChI=1S/2C16H13N.3C14H12N2.2C13H11N3/c1-12-16(13-7-3-2-4-8-13)15-10-6-5-9-14(15)11-17-12;1-12-15-10-6-5-9-14(15)11-17-16(12)13-7-3-2-4-8-13;1-16-13-10-6-5-9-12(13)15-14(16)11-7-3-2-4-8-11;1-11-14(12-7-3-2-4-8-12)15-13-9-5-6-10-16(11)13;1-11-14(12-7-3-2-4-8-12)16-10-6-5-9-13(16)15-11;1-10-12(11-6-3-2-4-7-11)15-13-14-8-5-9-16(10)13;1-10-12(11-6-3-2-4-7-11)16-9-5-8-14-13(16)15-10/h2*2-11H,1H3;3*2-10H,1H3;2*2-9H,1H3. The molecular formula is C100H84N14. The van der Waals surface area contributed by atoms with E-state index >= 15 is 0 Å². The zero-order valence-electron chi connectivity index (χ0n) is 64.6. The Kier molecular flexibility index (Phi) is 23.0. The van der Waals surface area contributed by atoms with Crippen LogP contribution >= 0.6 is 0 Å². The van der Waals surface area contributed by atoms with Crippen molar-refractivity contribution in [3.8, 4) is 78.8 Å². The summed E-state index contributed by atoms with van der Waals surface area (Å²) in [5.74, 6) is 2.51. The first-order valence-electron chi connectivity index (χ1n) is 38.0. The van der Waals surface area contributed by atoms with Crippen LogP contribution in [0.15, 0.2) is 383 Å². The maximum absolute atomic E-state index is 4.65. The molecule has 21 aromatic rings. The molecule has 0 aliphatic carbocycles. The summed E-state index contributed by atoms with van der Waals surface area (Å²) < 4.78 is 10.4. The number of imidazole rings is 5. The number of nitrogens with zero attached hydrogens (tertiary/aromatic N) is 14. The molecule has 0 amide bonds. The van der Waals surface area contributed by atoms with E-state index in [1.165, 1.54) is 77.4 Å². The topological polar surface area (TPSA) is 139 Å². The molecule has 0 unspecified atom stereocenters. The molecule has 0 atom stereocenters. The summed E-state index contributed by atoms with van der Waals surface area (Å²) >= 11 is 0. The second-order valence-corrected chi connectivity index (χ2v) is 27.3. The molecule has 11 heterocycles.